The molecule has 2 aromatic carbocycles. The molecule has 1 atom stereocenters. The number of carbonyl (C=O) groups excluding carboxylic acids is 2. The summed E-state index contributed by atoms with van der Waals surface area (Å²) in [4.78, 5) is 27.8. The van der Waals surface area contributed by atoms with Gasteiger partial charge in [0.25, 0.3) is 5.91 Å². The Labute approximate surface area is 226 Å². The molecule has 1 aliphatic rings. The van der Waals surface area contributed by atoms with Crippen LogP contribution in [-0.2, 0) is 16.0 Å². The number of ether oxygens (including phenoxy) is 1. The van der Waals surface area contributed by atoms with E-state index in [1.54, 1.807) is 0 Å². The average Bonchev–Trinajstić information content (AvgIpc) is 2.88. The first kappa shape index (κ1) is 28.4. The van der Waals surface area contributed by atoms with Crippen LogP contribution in [0.4, 0.5) is 5.69 Å². The third-order valence-electron chi connectivity index (χ3n) is 6.47. The molecule has 3 rings (SSSR count). The van der Waals surface area contributed by atoms with Crippen LogP contribution >= 0.6 is 12.2 Å². The third-order valence-corrected chi connectivity index (χ3v) is 6.81. The van der Waals surface area contributed by atoms with E-state index >= 15 is 0 Å². The molecule has 0 fully saturated rings. The Balaban J connectivity index is 1.74. The number of hydrogen-bond acceptors (Lipinski definition) is 4. The van der Waals surface area contributed by atoms with Crippen LogP contribution in [0.15, 0.2) is 59.8 Å². The van der Waals surface area contributed by atoms with Crippen LogP contribution in [0.2, 0.25) is 0 Å². The molecule has 0 bridgehead atoms. The van der Waals surface area contributed by atoms with Crippen molar-refractivity contribution >= 4 is 34.9 Å². The first-order valence-electron chi connectivity index (χ1n) is 13.2. The first-order chi connectivity index (χ1) is 17.7. The van der Waals surface area contributed by atoms with Crippen LogP contribution in [0.25, 0.3) is 0 Å². The largest absolute Gasteiger partial charge is 0.462 e. The molecule has 7 heteroatoms. The maximum Gasteiger partial charge on any atom is 0.338 e. The summed E-state index contributed by atoms with van der Waals surface area (Å²) in [5, 5.41) is 6.84. The summed E-state index contributed by atoms with van der Waals surface area (Å²) in [6, 6.07) is 14.9. The van der Waals surface area contributed by atoms with Crippen molar-refractivity contribution in [1.82, 2.24) is 10.2 Å². The molecule has 198 valence electrons. The summed E-state index contributed by atoms with van der Waals surface area (Å²) >= 11 is 5.57. The number of aryl methyl sites for hydroxylation is 1. The lowest BCUT2D eigenvalue weighted by atomic mass is 9.94. The van der Waals surface area contributed by atoms with E-state index in [2.05, 4.69) is 17.6 Å². The SMILES string of the molecule is CCCCCc1ccc(C(=O)Nc2ccc(C3NC(=S)N(CC)C(C)=C3C(=O)OCC(C)C)cc2)cc1. The van der Waals surface area contributed by atoms with Crippen LogP contribution in [0.1, 0.15) is 81.4 Å². The molecule has 2 N–H and O–H groups in total. The zero-order valence-corrected chi connectivity index (χ0v) is 23.4. The van der Waals surface area contributed by atoms with Crippen LogP contribution < -0.4 is 10.6 Å². The van der Waals surface area contributed by atoms with Crippen molar-refractivity contribution in [3.8, 4) is 0 Å². The molecule has 37 heavy (non-hydrogen) atoms. The highest BCUT2D eigenvalue weighted by molar-refractivity contribution is 7.80. The fourth-order valence-corrected chi connectivity index (χ4v) is 4.74. The zero-order chi connectivity index (χ0) is 26.9. The van der Waals surface area contributed by atoms with E-state index in [4.69, 9.17) is 17.0 Å². The smallest absolute Gasteiger partial charge is 0.338 e. The Kier molecular flexibility index (Phi) is 10.3. The Morgan fingerprint density at radius 1 is 1.05 bits per heavy atom. The van der Waals surface area contributed by atoms with E-state index in [0.29, 0.717) is 35.1 Å². The molecule has 1 unspecified atom stereocenters. The van der Waals surface area contributed by atoms with Gasteiger partial charge >= 0.3 is 5.97 Å². The van der Waals surface area contributed by atoms with Gasteiger partial charge in [-0.15, -0.1) is 0 Å². The highest BCUT2D eigenvalue weighted by Gasteiger charge is 2.34. The minimum absolute atomic E-state index is 0.155. The van der Waals surface area contributed by atoms with Gasteiger partial charge in [0.15, 0.2) is 5.11 Å². The van der Waals surface area contributed by atoms with Gasteiger partial charge < -0.3 is 20.3 Å². The van der Waals surface area contributed by atoms with E-state index < -0.39 is 6.04 Å². The number of allylic oxidation sites excluding steroid dienone is 1. The number of benzene rings is 2. The number of esters is 1. The number of nitrogens with one attached hydrogen (secondary N) is 2. The minimum Gasteiger partial charge on any atom is -0.462 e. The molecule has 1 aliphatic heterocycles. The van der Waals surface area contributed by atoms with Crippen LogP contribution in [0.3, 0.4) is 0 Å². The van der Waals surface area contributed by atoms with Crippen molar-refractivity contribution in [2.45, 2.75) is 66.3 Å². The van der Waals surface area contributed by atoms with Gasteiger partial charge in [-0.25, -0.2) is 4.79 Å². The van der Waals surface area contributed by atoms with Crippen molar-refractivity contribution in [2.24, 2.45) is 5.92 Å². The highest BCUT2D eigenvalue weighted by Crippen LogP contribution is 2.32. The number of hydrogen-bond donors (Lipinski definition) is 2. The normalized spacial score (nSPS) is 15.6. The lowest BCUT2D eigenvalue weighted by Crippen LogP contribution is -2.47. The number of amides is 1. The van der Waals surface area contributed by atoms with Gasteiger partial charge in [0.05, 0.1) is 18.2 Å². The predicted molar refractivity (Wildman–Crippen MR) is 153 cm³/mol. The maximum absolute atomic E-state index is 13.1. The summed E-state index contributed by atoms with van der Waals surface area (Å²) in [5.74, 6) is -0.263. The lowest BCUT2D eigenvalue weighted by molar-refractivity contribution is -0.140. The molecule has 1 amide bonds. The molecule has 0 spiro atoms. The average molecular weight is 522 g/mol. The summed E-state index contributed by atoms with van der Waals surface area (Å²) in [6.45, 7) is 11.1. The standard InChI is InChI=1S/C30H39N3O3S/c1-6-8-9-10-22-11-13-24(14-12-22)28(34)31-25-17-15-23(16-18-25)27-26(29(35)36-19-20(3)4)21(5)33(7-2)30(37)32-27/h11-18,20,27H,6-10,19H2,1-5H3,(H,31,34)(H,32,37). The van der Waals surface area contributed by atoms with Crippen molar-refractivity contribution in [3.05, 3.63) is 76.5 Å². The molecule has 6 nitrogen and oxygen atoms in total. The second-order valence-electron chi connectivity index (χ2n) is 9.85. The van der Waals surface area contributed by atoms with Crippen LogP contribution in [0.5, 0.6) is 0 Å². The van der Waals surface area contributed by atoms with Crippen LogP contribution in [-0.4, -0.2) is 35.0 Å². The van der Waals surface area contributed by atoms with Gasteiger partial charge in [0.1, 0.15) is 0 Å². The molecular weight excluding hydrogens is 482 g/mol. The van der Waals surface area contributed by atoms with E-state index in [0.717, 1.165) is 24.1 Å². The molecule has 0 aliphatic carbocycles. The fourth-order valence-electron chi connectivity index (χ4n) is 4.36. The maximum atomic E-state index is 13.1. The second kappa shape index (κ2) is 13.4. The van der Waals surface area contributed by atoms with Crippen molar-refractivity contribution < 1.29 is 14.3 Å². The van der Waals surface area contributed by atoms with Crippen LogP contribution in [0, 0.1) is 5.92 Å². The zero-order valence-electron chi connectivity index (χ0n) is 22.6. The Bertz CT molecular complexity index is 1120. The molecule has 0 aromatic heterocycles. The Hall–Kier alpha value is -3.19. The Morgan fingerprint density at radius 3 is 2.32 bits per heavy atom. The summed E-state index contributed by atoms with van der Waals surface area (Å²) in [6.07, 6.45) is 4.61. The lowest BCUT2D eigenvalue weighted by Gasteiger charge is -2.37. The quantitative estimate of drug-likeness (QED) is 0.203. The van der Waals surface area contributed by atoms with Gasteiger partial charge in [-0.3, -0.25) is 4.79 Å². The number of carbonyl (C=O) groups is 2. The Morgan fingerprint density at radius 2 is 1.73 bits per heavy atom. The first-order valence-corrected chi connectivity index (χ1v) is 13.6. The van der Waals surface area contributed by atoms with Gasteiger partial charge in [0.2, 0.25) is 0 Å². The predicted octanol–water partition coefficient (Wildman–Crippen LogP) is 6.40. The molecule has 2 aromatic rings. The number of nitrogens with zero attached hydrogens (tertiary/aromatic N) is 1. The number of rotatable bonds is 11. The summed E-state index contributed by atoms with van der Waals surface area (Å²) < 4.78 is 5.59. The molecular formula is C30H39N3O3S. The fraction of sp³-hybridized carbons (Fsp3) is 0.433. The van der Waals surface area contributed by atoms with Gasteiger partial charge in [-0.1, -0.05) is 57.9 Å². The summed E-state index contributed by atoms with van der Waals surface area (Å²) in [5.41, 5.74) is 4.76. The highest BCUT2D eigenvalue weighted by atomic mass is 32.1. The van der Waals surface area contributed by atoms with Crippen molar-refractivity contribution in [2.75, 3.05) is 18.5 Å². The third kappa shape index (κ3) is 7.41. The minimum atomic E-state index is -0.431. The number of thiocarbonyl (C=S) groups is 1. The molecule has 0 radical (unpaired) electrons. The number of unbranched alkanes of at least 4 members (excludes halogenated alkanes) is 2. The van der Waals surface area contributed by atoms with Gasteiger partial charge in [-0.2, -0.15) is 0 Å². The van der Waals surface area contributed by atoms with E-state index in [9.17, 15) is 9.59 Å². The van der Waals surface area contributed by atoms with Crippen molar-refractivity contribution in [1.29, 1.82) is 0 Å². The molecule has 0 saturated heterocycles. The van der Waals surface area contributed by atoms with E-state index in [1.165, 1.54) is 18.4 Å². The topological polar surface area (TPSA) is 70.7 Å². The van der Waals surface area contributed by atoms with Gasteiger partial charge in [-0.05, 0) is 80.2 Å². The number of anilines is 1. The van der Waals surface area contributed by atoms with E-state index in [1.807, 2.05) is 81.1 Å². The van der Waals surface area contributed by atoms with E-state index in [-0.39, 0.29) is 17.8 Å². The summed E-state index contributed by atoms with van der Waals surface area (Å²) in [7, 11) is 0. The second-order valence-corrected chi connectivity index (χ2v) is 10.2. The monoisotopic (exact) mass is 521 g/mol. The molecule has 1 heterocycles. The van der Waals surface area contributed by atoms with Gasteiger partial charge in [0, 0.05) is 23.5 Å². The molecule has 0 saturated carbocycles. The van der Waals surface area contributed by atoms with Crippen molar-refractivity contribution in [3.63, 3.8) is 0 Å².